The number of nitrogens with zero attached hydrogens (tertiary/aromatic N) is 1. The Hall–Kier alpha value is -0.580. The predicted molar refractivity (Wildman–Crippen MR) is 91.9 cm³/mol. The third-order valence-corrected chi connectivity index (χ3v) is 4.88. The number of hydrogen-bond acceptors (Lipinski definition) is 3. The van der Waals surface area contributed by atoms with Crippen LogP contribution < -0.4 is 10.1 Å². The zero-order valence-corrected chi connectivity index (χ0v) is 14.8. The van der Waals surface area contributed by atoms with Gasteiger partial charge in [-0.2, -0.15) is 0 Å². The van der Waals surface area contributed by atoms with E-state index in [-0.39, 0.29) is 0 Å². The molecule has 1 aliphatic rings. The molecule has 1 saturated heterocycles. The van der Waals surface area contributed by atoms with Gasteiger partial charge in [-0.1, -0.05) is 22.9 Å². The summed E-state index contributed by atoms with van der Waals surface area (Å²) < 4.78 is 6.52. The van der Waals surface area contributed by atoms with E-state index in [2.05, 4.69) is 45.2 Å². The second kappa shape index (κ2) is 8.76. The van der Waals surface area contributed by atoms with E-state index in [9.17, 15) is 0 Å². The number of ether oxygens (including phenoxy) is 1. The van der Waals surface area contributed by atoms with Gasteiger partial charge >= 0.3 is 0 Å². The molecule has 0 aliphatic carbocycles. The highest BCUT2D eigenvalue weighted by Gasteiger charge is 2.17. The minimum Gasteiger partial charge on any atom is -0.497 e. The van der Waals surface area contributed by atoms with E-state index in [4.69, 9.17) is 4.74 Å². The summed E-state index contributed by atoms with van der Waals surface area (Å²) in [6.07, 6.45) is 3.86. The molecule has 0 aromatic heterocycles. The maximum absolute atomic E-state index is 5.35. The zero-order chi connectivity index (χ0) is 15.1. The van der Waals surface area contributed by atoms with Crippen molar-refractivity contribution in [3.8, 4) is 5.75 Å². The first kappa shape index (κ1) is 16.8. The van der Waals surface area contributed by atoms with E-state index in [0.29, 0.717) is 0 Å². The Kier molecular flexibility index (Phi) is 7.00. The standard InChI is InChI=1S/C17H27BrN2O/c1-3-9-20(12-14-5-4-8-19-11-14)13-15-10-16(21-2)6-7-17(15)18/h6-7,10,14,19H,3-5,8-9,11-13H2,1-2H3. The van der Waals surface area contributed by atoms with Crippen LogP contribution in [0, 0.1) is 5.92 Å². The molecule has 1 aromatic rings. The Morgan fingerprint density at radius 3 is 2.95 bits per heavy atom. The second-order valence-corrected chi connectivity index (χ2v) is 6.76. The molecule has 0 radical (unpaired) electrons. The van der Waals surface area contributed by atoms with E-state index < -0.39 is 0 Å². The lowest BCUT2D eigenvalue weighted by Gasteiger charge is -2.30. The van der Waals surface area contributed by atoms with Gasteiger partial charge in [0.1, 0.15) is 5.75 Å². The van der Waals surface area contributed by atoms with Gasteiger partial charge in [0.25, 0.3) is 0 Å². The highest BCUT2D eigenvalue weighted by Crippen LogP contribution is 2.24. The number of hydrogen-bond donors (Lipinski definition) is 1. The molecule has 0 bridgehead atoms. The highest BCUT2D eigenvalue weighted by atomic mass is 79.9. The summed E-state index contributed by atoms with van der Waals surface area (Å²) >= 11 is 3.67. The molecule has 1 aromatic carbocycles. The molecular formula is C17H27BrN2O. The highest BCUT2D eigenvalue weighted by molar-refractivity contribution is 9.10. The lowest BCUT2D eigenvalue weighted by molar-refractivity contribution is 0.201. The van der Waals surface area contributed by atoms with E-state index in [1.165, 1.54) is 48.9 Å². The van der Waals surface area contributed by atoms with Crippen molar-refractivity contribution in [2.24, 2.45) is 5.92 Å². The molecule has 1 unspecified atom stereocenters. The Morgan fingerprint density at radius 2 is 2.29 bits per heavy atom. The number of methoxy groups -OCH3 is 1. The van der Waals surface area contributed by atoms with Gasteiger partial charge in [-0.25, -0.2) is 0 Å². The average molecular weight is 355 g/mol. The molecule has 1 heterocycles. The van der Waals surface area contributed by atoms with Crippen molar-refractivity contribution in [2.75, 3.05) is 33.3 Å². The minimum atomic E-state index is 0.787. The monoisotopic (exact) mass is 354 g/mol. The average Bonchev–Trinajstić information content (AvgIpc) is 2.51. The molecule has 3 nitrogen and oxygen atoms in total. The fourth-order valence-electron chi connectivity index (χ4n) is 3.04. The summed E-state index contributed by atoms with van der Waals surface area (Å²) in [6.45, 7) is 7.94. The van der Waals surface area contributed by atoms with E-state index >= 15 is 0 Å². The van der Waals surface area contributed by atoms with Crippen LogP contribution in [0.3, 0.4) is 0 Å². The van der Waals surface area contributed by atoms with Crippen molar-refractivity contribution in [1.82, 2.24) is 10.2 Å². The summed E-state index contributed by atoms with van der Waals surface area (Å²) in [5, 5.41) is 3.52. The predicted octanol–water partition coefficient (Wildman–Crippen LogP) is 3.67. The number of benzene rings is 1. The van der Waals surface area contributed by atoms with Crippen LogP contribution in [-0.4, -0.2) is 38.2 Å². The van der Waals surface area contributed by atoms with Crippen LogP contribution >= 0.6 is 15.9 Å². The fourth-order valence-corrected chi connectivity index (χ4v) is 3.41. The summed E-state index contributed by atoms with van der Waals surface area (Å²) in [6, 6.07) is 6.23. The van der Waals surface area contributed by atoms with Gasteiger partial charge in [0.15, 0.2) is 0 Å². The van der Waals surface area contributed by atoms with Crippen LogP contribution in [0.5, 0.6) is 5.75 Å². The molecule has 0 amide bonds. The number of nitrogens with one attached hydrogen (secondary N) is 1. The molecule has 4 heteroatoms. The molecule has 1 N–H and O–H groups in total. The first-order chi connectivity index (χ1) is 10.2. The van der Waals surface area contributed by atoms with Crippen molar-refractivity contribution < 1.29 is 4.74 Å². The summed E-state index contributed by atoms with van der Waals surface area (Å²) in [7, 11) is 1.73. The quantitative estimate of drug-likeness (QED) is 0.808. The second-order valence-electron chi connectivity index (χ2n) is 5.90. The van der Waals surface area contributed by atoms with Gasteiger partial charge in [0.05, 0.1) is 7.11 Å². The molecular weight excluding hydrogens is 328 g/mol. The van der Waals surface area contributed by atoms with Crippen molar-refractivity contribution in [3.63, 3.8) is 0 Å². The van der Waals surface area contributed by atoms with Gasteiger partial charge in [0, 0.05) is 17.6 Å². The van der Waals surface area contributed by atoms with Crippen LogP contribution in [0.15, 0.2) is 22.7 Å². The molecule has 0 saturated carbocycles. The topological polar surface area (TPSA) is 24.5 Å². The minimum absolute atomic E-state index is 0.787. The lowest BCUT2D eigenvalue weighted by Crippen LogP contribution is -2.38. The molecule has 1 atom stereocenters. The van der Waals surface area contributed by atoms with E-state index in [0.717, 1.165) is 24.8 Å². The molecule has 1 aliphatic heterocycles. The Balaban J connectivity index is 2.00. The largest absolute Gasteiger partial charge is 0.497 e. The summed E-state index contributed by atoms with van der Waals surface area (Å²) in [5.41, 5.74) is 1.31. The van der Waals surface area contributed by atoms with Crippen LogP contribution in [0.25, 0.3) is 0 Å². The smallest absolute Gasteiger partial charge is 0.119 e. The Morgan fingerprint density at radius 1 is 1.43 bits per heavy atom. The van der Waals surface area contributed by atoms with Crippen molar-refractivity contribution in [3.05, 3.63) is 28.2 Å². The summed E-state index contributed by atoms with van der Waals surface area (Å²) in [4.78, 5) is 2.58. The van der Waals surface area contributed by atoms with Crippen molar-refractivity contribution >= 4 is 15.9 Å². The van der Waals surface area contributed by atoms with Gasteiger partial charge in [-0.05, 0) is 68.6 Å². The van der Waals surface area contributed by atoms with Crippen LogP contribution in [0.1, 0.15) is 31.7 Å². The third kappa shape index (κ3) is 5.28. The molecule has 2 rings (SSSR count). The van der Waals surface area contributed by atoms with Gasteiger partial charge in [0.2, 0.25) is 0 Å². The Labute approximate surface area is 137 Å². The van der Waals surface area contributed by atoms with Crippen molar-refractivity contribution in [1.29, 1.82) is 0 Å². The van der Waals surface area contributed by atoms with E-state index in [1.54, 1.807) is 7.11 Å². The normalized spacial score (nSPS) is 19.0. The maximum Gasteiger partial charge on any atom is 0.119 e. The maximum atomic E-state index is 5.35. The summed E-state index contributed by atoms with van der Waals surface area (Å²) in [5.74, 6) is 1.72. The molecule has 21 heavy (non-hydrogen) atoms. The molecule has 118 valence electrons. The van der Waals surface area contributed by atoms with Gasteiger partial charge in [-0.15, -0.1) is 0 Å². The van der Waals surface area contributed by atoms with Crippen LogP contribution in [-0.2, 0) is 6.54 Å². The number of piperidine rings is 1. The zero-order valence-electron chi connectivity index (χ0n) is 13.2. The van der Waals surface area contributed by atoms with E-state index in [1.807, 2.05) is 6.07 Å². The van der Waals surface area contributed by atoms with Crippen molar-refractivity contribution in [2.45, 2.75) is 32.7 Å². The first-order valence-corrected chi connectivity index (χ1v) is 8.77. The van der Waals surface area contributed by atoms with Gasteiger partial charge < -0.3 is 10.1 Å². The van der Waals surface area contributed by atoms with Gasteiger partial charge in [-0.3, -0.25) is 4.90 Å². The Bertz CT molecular complexity index is 433. The lowest BCUT2D eigenvalue weighted by atomic mass is 9.98. The fraction of sp³-hybridized carbons (Fsp3) is 0.647. The molecule has 1 fully saturated rings. The number of halogens is 1. The van der Waals surface area contributed by atoms with Crippen LogP contribution in [0.4, 0.5) is 0 Å². The first-order valence-electron chi connectivity index (χ1n) is 7.98. The third-order valence-electron chi connectivity index (χ3n) is 4.10. The SMILES string of the molecule is CCCN(Cc1cc(OC)ccc1Br)CC1CCCNC1. The molecule has 0 spiro atoms. The van der Waals surface area contributed by atoms with Crippen LogP contribution in [0.2, 0.25) is 0 Å². The number of rotatable bonds is 7.